The number of aliphatic imine (C=N–C) groups is 2. The molecule has 2 N–H and O–H groups in total. The summed E-state index contributed by atoms with van der Waals surface area (Å²) in [6.07, 6.45) is 0. The summed E-state index contributed by atoms with van der Waals surface area (Å²) >= 11 is 0. The molecule has 0 fully saturated rings. The van der Waals surface area contributed by atoms with Crippen LogP contribution in [-0.4, -0.2) is 13.4 Å². The van der Waals surface area contributed by atoms with E-state index >= 15 is 0 Å². The topological polar surface area (TPSA) is 50.7 Å². The molecule has 0 saturated carbocycles. The summed E-state index contributed by atoms with van der Waals surface area (Å²) in [5.41, 5.74) is 7.53. The summed E-state index contributed by atoms with van der Waals surface area (Å²) in [5, 5.41) is 0. The van der Waals surface area contributed by atoms with Crippen molar-refractivity contribution in [3.8, 4) is 0 Å². The SMILES string of the molecule is C=Nc1ccc(N)cc1N=C.CC. The highest BCUT2D eigenvalue weighted by atomic mass is 14.8. The van der Waals surface area contributed by atoms with Crippen molar-refractivity contribution in [2.45, 2.75) is 13.8 Å². The van der Waals surface area contributed by atoms with Crippen LogP contribution in [0.5, 0.6) is 0 Å². The number of rotatable bonds is 2. The maximum absolute atomic E-state index is 5.51. The average molecular weight is 177 g/mol. The fourth-order valence-corrected chi connectivity index (χ4v) is 0.801. The molecule has 1 rings (SSSR count). The van der Waals surface area contributed by atoms with Crippen molar-refractivity contribution < 1.29 is 0 Å². The molecule has 0 aliphatic heterocycles. The Hall–Kier alpha value is -1.64. The second-order valence-corrected chi connectivity index (χ2v) is 2.06. The zero-order valence-corrected chi connectivity index (χ0v) is 8.12. The van der Waals surface area contributed by atoms with E-state index in [-0.39, 0.29) is 0 Å². The third-order valence-corrected chi connectivity index (χ3v) is 1.34. The van der Waals surface area contributed by atoms with Crippen LogP contribution in [0.15, 0.2) is 28.2 Å². The van der Waals surface area contributed by atoms with E-state index in [4.69, 9.17) is 5.73 Å². The van der Waals surface area contributed by atoms with Crippen molar-refractivity contribution >= 4 is 30.5 Å². The van der Waals surface area contributed by atoms with Crippen LogP contribution < -0.4 is 5.73 Å². The summed E-state index contributed by atoms with van der Waals surface area (Å²) in [4.78, 5) is 7.48. The van der Waals surface area contributed by atoms with Crippen LogP contribution in [0.1, 0.15) is 13.8 Å². The maximum atomic E-state index is 5.51. The van der Waals surface area contributed by atoms with E-state index in [0.29, 0.717) is 17.1 Å². The van der Waals surface area contributed by atoms with Crippen LogP contribution in [0.4, 0.5) is 17.1 Å². The predicted octanol–water partition coefficient (Wildman–Crippen LogP) is 2.96. The Morgan fingerprint density at radius 1 is 1.08 bits per heavy atom. The first kappa shape index (κ1) is 11.4. The van der Waals surface area contributed by atoms with Gasteiger partial charge in [0.25, 0.3) is 0 Å². The van der Waals surface area contributed by atoms with Crippen molar-refractivity contribution in [3.05, 3.63) is 18.2 Å². The van der Waals surface area contributed by atoms with Crippen molar-refractivity contribution in [1.29, 1.82) is 0 Å². The molecule has 0 unspecified atom stereocenters. The third kappa shape index (κ3) is 3.07. The van der Waals surface area contributed by atoms with Crippen LogP contribution in [-0.2, 0) is 0 Å². The molecule has 1 aromatic carbocycles. The number of benzene rings is 1. The summed E-state index contributed by atoms with van der Waals surface area (Å²) in [6, 6.07) is 5.21. The van der Waals surface area contributed by atoms with Gasteiger partial charge in [0, 0.05) is 5.69 Å². The van der Waals surface area contributed by atoms with Gasteiger partial charge in [-0.15, -0.1) is 0 Å². The third-order valence-electron chi connectivity index (χ3n) is 1.34. The highest BCUT2D eigenvalue weighted by molar-refractivity contribution is 5.70. The Bertz CT molecular complexity index is 292. The van der Waals surface area contributed by atoms with Gasteiger partial charge in [0.2, 0.25) is 0 Å². The van der Waals surface area contributed by atoms with E-state index < -0.39 is 0 Å². The maximum Gasteiger partial charge on any atom is 0.0899 e. The van der Waals surface area contributed by atoms with Crippen molar-refractivity contribution in [1.82, 2.24) is 0 Å². The van der Waals surface area contributed by atoms with Crippen LogP contribution in [0.3, 0.4) is 0 Å². The molecule has 3 heteroatoms. The Labute approximate surface area is 79.0 Å². The lowest BCUT2D eigenvalue weighted by Gasteiger charge is -1.99. The molecule has 13 heavy (non-hydrogen) atoms. The van der Waals surface area contributed by atoms with Crippen LogP contribution in [0, 0.1) is 0 Å². The number of hydrogen-bond donors (Lipinski definition) is 1. The molecule has 3 nitrogen and oxygen atoms in total. The fraction of sp³-hybridized carbons (Fsp3) is 0.200. The number of anilines is 1. The van der Waals surface area contributed by atoms with E-state index in [2.05, 4.69) is 23.4 Å². The predicted molar refractivity (Wildman–Crippen MR) is 60.6 cm³/mol. The molecule has 0 aromatic heterocycles. The minimum atomic E-state index is 0.653. The number of nitrogens with zero attached hydrogens (tertiary/aromatic N) is 2. The lowest BCUT2D eigenvalue weighted by atomic mass is 10.2. The van der Waals surface area contributed by atoms with Crippen LogP contribution in [0.2, 0.25) is 0 Å². The van der Waals surface area contributed by atoms with Crippen molar-refractivity contribution in [3.63, 3.8) is 0 Å². The van der Waals surface area contributed by atoms with Crippen molar-refractivity contribution in [2.75, 3.05) is 5.73 Å². The molecule has 0 heterocycles. The Kier molecular flexibility index (Phi) is 5.19. The first-order valence-electron chi connectivity index (χ1n) is 4.11. The van der Waals surface area contributed by atoms with Gasteiger partial charge in [-0.3, -0.25) is 9.98 Å². The van der Waals surface area contributed by atoms with Gasteiger partial charge < -0.3 is 5.73 Å². The lowest BCUT2D eigenvalue weighted by molar-refractivity contribution is 1.48. The Balaban J connectivity index is 0.000000671. The minimum Gasteiger partial charge on any atom is -0.399 e. The normalized spacial score (nSPS) is 8.15. The minimum absolute atomic E-state index is 0.653. The quantitative estimate of drug-likeness (QED) is 0.548. The lowest BCUT2D eigenvalue weighted by Crippen LogP contribution is -1.81. The fourth-order valence-electron chi connectivity index (χ4n) is 0.801. The van der Waals surface area contributed by atoms with E-state index in [1.807, 2.05) is 13.8 Å². The molecule has 1 aromatic rings. The monoisotopic (exact) mass is 177 g/mol. The largest absolute Gasteiger partial charge is 0.399 e. The molecular weight excluding hydrogens is 162 g/mol. The van der Waals surface area contributed by atoms with E-state index in [1.54, 1.807) is 18.2 Å². The first-order valence-corrected chi connectivity index (χ1v) is 4.11. The molecule has 0 saturated heterocycles. The van der Waals surface area contributed by atoms with Gasteiger partial charge in [0.05, 0.1) is 11.4 Å². The van der Waals surface area contributed by atoms with E-state index in [9.17, 15) is 0 Å². The molecule has 0 aliphatic rings. The molecule has 0 amide bonds. The van der Waals surface area contributed by atoms with E-state index in [1.165, 1.54) is 0 Å². The second kappa shape index (κ2) is 5.94. The average Bonchev–Trinajstić information content (AvgIpc) is 2.20. The summed E-state index contributed by atoms with van der Waals surface area (Å²) < 4.78 is 0. The van der Waals surface area contributed by atoms with Gasteiger partial charge in [-0.1, -0.05) is 13.8 Å². The van der Waals surface area contributed by atoms with E-state index in [0.717, 1.165) is 0 Å². The van der Waals surface area contributed by atoms with Gasteiger partial charge in [0.15, 0.2) is 0 Å². The molecule has 0 spiro atoms. The molecule has 0 radical (unpaired) electrons. The second-order valence-electron chi connectivity index (χ2n) is 2.06. The molecule has 70 valence electrons. The number of nitrogen functional groups attached to an aromatic ring is 1. The summed E-state index contributed by atoms with van der Waals surface area (Å²) in [7, 11) is 0. The van der Waals surface area contributed by atoms with Crippen LogP contribution >= 0.6 is 0 Å². The highest BCUT2D eigenvalue weighted by Gasteiger charge is 1.96. The standard InChI is InChI=1S/C8H9N3.C2H6/c1-10-7-4-3-6(9)5-8(7)11-2;1-2/h3-5H,1-2,9H2;1-2H3. The first-order chi connectivity index (χ1) is 6.27. The molecule has 0 aliphatic carbocycles. The van der Waals surface area contributed by atoms with Gasteiger partial charge in [-0.25, -0.2) is 0 Å². The van der Waals surface area contributed by atoms with Gasteiger partial charge in [-0.2, -0.15) is 0 Å². The van der Waals surface area contributed by atoms with Gasteiger partial charge in [-0.05, 0) is 31.6 Å². The Morgan fingerprint density at radius 2 is 1.62 bits per heavy atom. The highest BCUT2D eigenvalue weighted by Crippen LogP contribution is 2.28. The zero-order chi connectivity index (χ0) is 10.3. The van der Waals surface area contributed by atoms with Crippen molar-refractivity contribution in [2.24, 2.45) is 9.98 Å². The molecular formula is C10H15N3. The smallest absolute Gasteiger partial charge is 0.0899 e. The zero-order valence-electron chi connectivity index (χ0n) is 8.12. The summed E-state index contributed by atoms with van der Waals surface area (Å²) in [5.74, 6) is 0. The van der Waals surface area contributed by atoms with Gasteiger partial charge >= 0.3 is 0 Å². The Morgan fingerprint density at radius 3 is 2.08 bits per heavy atom. The van der Waals surface area contributed by atoms with Crippen LogP contribution in [0.25, 0.3) is 0 Å². The van der Waals surface area contributed by atoms with Gasteiger partial charge in [0.1, 0.15) is 0 Å². The number of hydrogen-bond acceptors (Lipinski definition) is 3. The molecule has 0 bridgehead atoms. The number of nitrogens with two attached hydrogens (primary N) is 1. The summed E-state index contributed by atoms with van der Waals surface area (Å²) in [6.45, 7) is 10.8. The molecule has 0 atom stereocenters.